The van der Waals surface area contributed by atoms with Gasteiger partial charge in [0.25, 0.3) is 0 Å². The molecule has 3 aromatic rings. The molecule has 1 atom stereocenters. The van der Waals surface area contributed by atoms with E-state index in [2.05, 4.69) is 30.4 Å². The lowest BCUT2D eigenvalue weighted by Crippen LogP contribution is -2.27. The highest BCUT2D eigenvalue weighted by Gasteiger charge is 2.26. The highest BCUT2D eigenvalue weighted by Crippen LogP contribution is 2.33. The zero-order valence-corrected chi connectivity index (χ0v) is 15.0. The van der Waals surface area contributed by atoms with Crippen LogP contribution >= 0.6 is 0 Å². The summed E-state index contributed by atoms with van der Waals surface area (Å²) in [6, 6.07) is 16.2. The fourth-order valence-electron chi connectivity index (χ4n) is 3.91. The minimum atomic E-state index is -0.578. The van der Waals surface area contributed by atoms with Crippen molar-refractivity contribution in [3.63, 3.8) is 0 Å². The van der Waals surface area contributed by atoms with Crippen molar-refractivity contribution in [1.82, 2.24) is 4.57 Å². The molecule has 1 aliphatic carbocycles. The van der Waals surface area contributed by atoms with Crippen LogP contribution in [-0.2, 0) is 13.0 Å². The van der Waals surface area contributed by atoms with Crippen LogP contribution in [0, 0.1) is 6.92 Å². The Morgan fingerprint density at radius 3 is 2.77 bits per heavy atom. The van der Waals surface area contributed by atoms with Crippen molar-refractivity contribution in [1.29, 1.82) is 0 Å². The highest BCUT2D eigenvalue weighted by molar-refractivity contribution is 6.04. The maximum absolute atomic E-state index is 12.6. The maximum atomic E-state index is 12.6. The Balaban J connectivity index is 1.63. The van der Waals surface area contributed by atoms with Gasteiger partial charge in [-0.25, -0.2) is 0 Å². The van der Waals surface area contributed by atoms with Gasteiger partial charge in [-0.05, 0) is 49.6 Å². The summed E-state index contributed by atoms with van der Waals surface area (Å²) >= 11 is 0. The largest absolute Gasteiger partial charge is 0.389 e. The van der Waals surface area contributed by atoms with Crippen LogP contribution in [0.4, 0.5) is 5.69 Å². The van der Waals surface area contributed by atoms with Gasteiger partial charge in [-0.2, -0.15) is 0 Å². The van der Waals surface area contributed by atoms with E-state index < -0.39 is 6.10 Å². The van der Waals surface area contributed by atoms with Crippen molar-refractivity contribution in [2.75, 3.05) is 11.9 Å². The topological polar surface area (TPSA) is 54.3 Å². The van der Waals surface area contributed by atoms with Crippen molar-refractivity contribution in [3.05, 3.63) is 65.4 Å². The average Bonchev–Trinajstić information content (AvgIpc) is 2.95. The summed E-state index contributed by atoms with van der Waals surface area (Å²) in [7, 11) is 0. The lowest BCUT2D eigenvalue weighted by atomic mass is 9.94. The Labute approximate surface area is 153 Å². The average molecular weight is 348 g/mol. The third-order valence-electron chi connectivity index (χ3n) is 5.13. The predicted octanol–water partition coefficient (Wildman–Crippen LogP) is 3.94. The Kier molecular flexibility index (Phi) is 4.51. The lowest BCUT2D eigenvalue weighted by Gasteiger charge is -2.18. The molecule has 0 amide bonds. The molecule has 1 unspecified atom stereocenters. The van der Waals surface area contributed by atoms with Gasteiger partial charge >= 0.3 is 0 Å². The Hall–Kier alpha value is -2.59. The minimum Gasteiger partial charge on any atom is -0.389 e. The highest BCUT2D eigenvalue weighted by atomic mass is 16.3. The number of aliphatic hydroxyl groups excluding tert-OH is 1. The van der Waals surface area contributed by atoms with E-state index in [1.165, 1.54) is 5.56 Å². The molecule has 4 heteroatoms. The normalized spacial score (nSPS) is 15.1. The molecule has 4 rings (SSSR count). The van der Waals surface area contributed by atoms with Crippen molar-refractivity contribution < 1.29 is 9.90 Å². The second-order valence-electron chi connectivity index (χ2n) is 7.14. The first-order chi connectivity index (χ1) is 12.6. The summed E-state index contributed by atoms with van der Waals surface area (Å²) in [4.78, 5) is 12.6. The number of Topliss-reactive ketones (excluding diaryl/α,β-unsaturated/α-hetero) is 1. The zero-order valence-electron chi connectivity index (χ0n) is 15.0. The van der Waals surface area contributed by atoms with Crippen molar-refractivity contribution in [2.45, 2.75) is 38.8 Å². The quantitative estimate of drug-likeness (QED) is 0.734. The van der Waals surface area contributed by atoms with Gasteiger partial charge in [0.15, 0.2) is 5.78 Å². The molecule has 0 saturated carbocycles. The Morgan fingerprint density at radius 1 is 1.15 bits per heavy atom. The number of carbonyl (C=O) groups is 1. The second-order valence-corrected chi connectivity index (χ2v) is 7.14. The smallest absolute Gasteiger partial charge is 0.179 e. The monoisotopic (exact) mass is 348 g/mol. The summed E-state index contributed by atoms with van der Waals surface area (Å²) in [5.41, 5.74) is 5.19. The van der Waals surface area contributed by atoms with Crippen LogP contribution in [-0.4, -0.2) is 28.1 Å². The number of nitrogens with zero attached hydrogens (tertiary/aromatic N) is 1. The molecule has 2 aromatic carbocycles. The Morgan fingerprint density at radius 2 is 1.96 bits per heavy atom. The molecule has 4 nitrogen and oxygen atoms in total. The van der Waals surface area contributed by atoms with Gasteiger partial charge in [-0.1, -0.05) is 29.8 Å². The SMILES string of the molecule is Cc1ccc2c(c1)c1c(n2CC(O)CNc2ccccc2)C(=O)CCC1. The van der Waals surface area contributed by atoms with Crippen LogP contribution in [0.5, 0.6) is 0 Å². The lowest BCUT2D eigenvalue weighted by molar-refractivity contribution is 0.0958. The summed E-state index contributed by atoms with van der Waals surface area (Å²) < 4.78 is 2.03. The second kappa shape index (κ2) is 6.96. The van der Waals surface area contributed by atoms with E-state index >= 15 is 0 Å². The summed E-state index contributed by atoms with van der Waals surface area (Å²) in [5, 5.41) is 15.0. The molecule has 1 aromatic heterocycles. The van der Waals surface area contributed by atoms with Crippen LogP contribution < -0.4 is 5.32 Å². The standard InChI is InChI=1S/C22H24N2O2/c1-15-10-11-20-19(12-15)18-8-5-9-21(26)22(18)24(20)14-17(25)13-23-16-6-3-2-4-7-16/h2-4,6-7,10-12,17,23,25H,5,8-9,13-14H2,1H3. The number of anilines is 1. The van der Waals surface area contributed by atoms with Gasteiger partial charge in [0.05, 0.1) is 18.3 Å². The number of aliphatic hydroxyl groups is 1. The number of benzene rings is 2. The number of nitrogens with one attached hydrogen (secondary N) is 1. The fraction of sp³-hybridized carbons (Fsp3) is 0.318. The predicted molar refractivity (Wildman–Crippen MR) is 105 cm³/mol. The van der Waals surface area contributed by atoms with Crippen LogP contribution in [0.1, 0.15) is 34.5 Å². The molecule has 1 aliphatic rings. The number of aryl methyl sites for hydroxylation is 2. The molecule has 0 radical (unpaired) electrons. The molecule has 0 saturated heterocycles. The molecule has 0 aliphatic heterocycles. The number of ketones is 1. The minimum absolute atomic E-state index is 0.198. The van der Waals surface area contributed by atoms with E-state index in [0.29, 0.717) is 19.5 Å². The van der Waals surface area contributed by atoms with E-state index in [9.17, 15) is 9.90 Å². The molecule has 134 valence electrons. The number of rotatable bonds is 5. The van der Waals surface area contributed by atoms with E-state index in [-0.39, 0.29) is 5.78 Å². The first-order valence-corrected chi connectivity index (χ1v) is 9.25. The third kappa shape index (κ3) is 3.13. The first kappa shape index (κ1) is 16.9. The van der Waals surface area contributed by atoms with Crippen molar-refractivity contribution >= 4 is 22.4 Å². The van der Waals surface area contributed by atoms with Crippen LogP contribution in [0.2, 0.25) is 0 Å². The fourth-order valence-corrected chi connectivity index (χ4v) is 3.91. The molecule has 1 heterocycles. The number of hydrogen-bond donors (Lipinski definition) is 2. The molecule has 2 N–H and O–H groups in total. The molecule has 0 bridgehead atoms. The number of hydrogen-bond acceptors (Lipinski definition) is 3. The Bertz CT molecular complexity index is 944. The maximum Gasteiger partial charge on any atom is 0.179 e. The van der Waals surface area contributed by atoms with Gasteiger partial charge < -0.3 is 15.0 Å². The molecular formula is C22H24N2O2. The molecule has 0 fully saturated rings. The first-order valence-electron chi connectivity index (χ1n) is 9.25. The van der Waals surface area contributed by atoms with Crippen molar-refractivity contribution in [2.24, 2.45) is 0 Å². The third-order valence-corrected chi connectivity index (χ3v) is 5.13. The van der Waals surface area contributed by atoms with Gasteiger partial charge in [0.2, 0.25) is 0 Å². The van der Waals surface area contributed by atoms with Crippen molar-refractivity contribution in [3.8, 4) is 0 Å². The summed E-state index contributed by atoms with van der Waals surface area (Å²) in [6.07, 6.45) is 1.87. The van der Waals surface area contributed by atoms with E-state index in [1.807, 2.05) is 34.9 Å². The number of fused-ring (bicyclic) bond motifs is 3. The number of para-hydroxylation sites is 1. The van der Waals surface area contributed by atoms with Crippen LogP contribution in [0.25, 0.3) is 10.9 Å². The van der Waals surface area contributed by atoms with E-state index in [4.69, 9.17) is 0 Å². The molecular weight excluding hydrogens is 324 g/mol. The van der Waals surface area contributed by atoms with Gasteiger partial charge in [-0.3, -0.25) is 4.79 Å². The molecule has 26 heavy (non-hydrogen) atoms. The van der Waals surface area contributed by atoms with E-state index in [1.54, 1.807) is 0 Å². The van der Waals surface area contributed by atoms with Gasteiger partial charge in [0.1, 0.15) is 0 Å². The van der Waals surface area contributed by atoms with Gasteiger partial charge in [-0.15, -0.1) is 0 Å². The summed E-state index contributed by atoms with van der Waals surface area (Å²) in [5.74, 6) is 0.198. The summed E-state index contributed by atoms with van der Waals surface area (Å²) in [6.45, 7) is 2.94. The van der Waals surface area contributed by atoms with Gasteiger partial charge in [0, 0.05) is 29.6 Å². The number of carbonyl (C=O) groups excluding carboxylic acids is 1. The zero-order chi connectivity index (χ0) is 18.1. The van der Waals surface area contributed by atoms with E-state index in [0.717, 1.165) is 40.7 Å². The molecule has 0 spiro atoms. The van der Waals surface area contributed by atoms with Crippen LogP contribution in [0.15, 0.2) is 48.5 Å². The number of aromatic nitrogens is 1. The van der Waals surface area contributed by atoms with Crippen LogP contribution in [0.3, 0.4) is 0 Å².